The van der Waals surface area contributed by atoms with Crippen molar-refractivity contribution in [2.75, 3.05) is 19.8 Å². The Balaban J connectivity index is 2.69. The molecule has 0 saturated carbocycles. The Bertz CT molecular complexity index is 1310. The summed E-state index contributed by atoms with van der Waals surface area (Å²) in [4.78, 5) is 48.7. The number of hydrogen-bond donors (Lipinski definition) is 5. The lowest BCUT2D eigenvalue weighted by Crippen LogP contribution is -2.46. The number of amides is 2. The Hall–Kier alpha value is -2.99. The first-order valence-corrected chi connectivity index (χ1v) is 15.9. The van der Waals surface area contributed by atoms with Gasteiger partial charge in [0.25, 0.3) is 20.2 Å². The van der Waals surface area contributed by atoms with E-state index in [-0.39, 0.29) is 30.5 Å². The normalized spacial score (nSPS) is 14.4. The fourth-order valence-corrected chi connectivity index (χ4v) is 5.41. The number of alkyl carbamates (subject to hydrolysis) is 1. The molecule has 0 fully saturated rings. The van der Waals surface area contributed by atoms with Crippen molar-refractivity contribution < 1.29 is 54.2 Å². The second kappa shape index (κ2) is 16.0. The zero-order chi connectivity index (χ0) is 32.3. The van der Waals surface area contributed by atoms with Crippen LogP contribution in [0, 0.1) is 0 Å². The topological polar surface area (TPSA) is 236 Å². The Morgan fingerprint density at radius 1 is 0.857 bits per heavy atom. The van der Waals surface area contributed by atoms with E-state index in [4.69, 9.17) is 10.5 Å². The molecule has 6 N–H and O–H groups in total. The smallest absolute Gasteiger partial charge is 0.408 e. The average molecular weight is 640 g/mol. The van der Waals surface area contributed by atoms with E-state index in [0.717, 1.165) is 24.3 Å². The summed E-state index contributed by atoms with van der Waals surface area (Å²) >= 11 is 0. The van der Waals surface area contributed by atoms with E-state index in [0.29, 0.717) is 19.4 Å². The van der Waals surface area contributed by atoms with Crippen LogP contribution >= 0.6 is 0 Å². The highest BCUT2D eigenvalue weighted by atomic mass is 32.2. The molecule has 238 valence electrons. The second-order valence-corrected chi connectivity index (χ2v) is 13.6. The molecule has 0 aliphatic heterocycles. The largest absolute Gasteiger partial charge is 0.444 e. The van der Waals surface area contributed by atoms with Crippen molar-refractivity contribution in [1.82, 2.24) is 10.6 Å². The van der Waals surface area contributed by atoms with Gasteiger partial charge in [0.1, 0.15) is 11.6 Å². The van der Waals surface area contributed by atoms with Crippen LogP contribution in [0.4, 0.5) is 9.18 Å². The summed E-state index contributed by atoms with van der Waals surface area (Å²) in [6.07, 6.45) is -0.710. The number of rotatable bonds is 18. The molecule has 3 atom stereocenters. The standard InChI is InChI=1S/C25H38FN3O11S2/c1-25(2,3)40-24(33)29-18(23(27)32)6-4-5-14-28-15-12-20(42(37,38)39)22(31)17-9-7-16(8-10-17)21(30)19(11-13-26)41(34,35)36/h7-10,18-20,28H,4-6,11-15H2,1-3H3,(H2,27,32)(H,29,33)(H,34,35,36)(H,37,38,39)/t18-,19?,20?/m0/s1. The van der Waals surface area contributed by atoms with Crippen molar-refractivity contribution in [3.05, 3.63) is 35.4 Å². The number of Topliss-reactive ketones (excluding diaryl/α,β-unsaturated/α-hetero) is 2. The number of primary amides is 1. The molecule has 1 aromatic rings. The molecule has 0 aliphatic rings. The number of carbonyl (C=O) groups is 4. The van der Waals surface area contributed by atoms with Crippen LogP contribution in [0.2, 0.25) is 0 Å². The maximum Gasteiger partial charge on any atom is 0.408 e. The molecular formula is C25H38FN3O11S2. The van der Waals surface area contributed by atoms with Gasteiger partial charge in [0, 0.05) is 17.5 Å². The van der Waals surface area contributed by atoms with Crippen LogP contribution in [0.15, 0.2) is 24.3 Å². The number of ether oxygens (including phenoxy) is 1. The van der Waals surface area contributed by atoms with Gasteiger partial charge in [-0.2, -0.15) is 16.8 Å². The SMILES string of the molecule is CC(C)(C)OC(=O)N[C@@H](CCCCNCCC(C(=O)c1ccc(C(=O)C(CCF)S(=O)(=O)O)cc1)S(=O)(=O)O)C(N)=O. The van der Waals surface area contributed by atoms with Crippen LogP contribution in [-0.2, 0) is 29.8 Å². The zero-order valence-electron chi connectivity index (χ0n) is 23.5. The predicted molar refractivity (Wildman–Crippen MR) is 150 cm³/mol. The fraction of sp³-hybridized carbons (Fsp3) is 0.600. The quantitative estimate of drug-likeness (QED) is 0.0872. The van der Waals surface area contributed by atoms with Gasteiger partial charge < -0.3 is 21.1 Å². The monoisotopic (exact) mass is 639 g/mol. The second-order valence-electron chi connectivity index (χ2n) is 10.4. The minimum atomic E-state index is -4.89. The predicted octanol–water partition coefficient (Wildman–Crippen LogP) is 1.45. The summed E-state index contributed by atoms with van der Waals surface area (Å²) in [6, 6.07) is 3.21. The summed E-state index contributed by atoms with van der Waals surface area (Å²) in [7, 11) is -9.73. The number of halogens is 1. The number of ketones is 2. The highest BCUT2D eigenvalue weighted by Crippen LogP contribution is 2.18. The van der Waals surface area contributed by atoms with Crippen molar-refractivity contribution >= 4 is 43.8 Å². The Morgan fingerprint density at radius 2 is 1.33 bits per heavy atom. The summed E-state index contributed by atoms with van der Waals surface area (Å²) in [5.74, 6) is -2.82. The van der Waals surface area contributed by atoms with Gasteiger partial charge in [0.05, 0.1) is 6.67 Å². The van der Waals surface area contributed by atoms with Crippen molar-refractivity contribution in [2.24, 2.45) is 5.73 Å². The molecule has 0 aliphatic carbocycles. The first-order valence-electron chi connectivity index (χ1n) is 12.9. The van der Waals surface area contributed by atoms with Crippen molar-refractivity contribution in [3.63, 3.8) is 0 Å². The highest BCUT2D eigenvalue weighted by Gasteiger charge is 2.33. The van der Waals surface area contributed by atoms with Gasteiger partial charge in [0.15, 0.2) is 22.1 Å². The van der Waals surface area contributed by atoms with Gasteiger partial charge >= 0.3 is 6.09 Å². The number of hydrogen-bond acceptors (Lipinski definition) is 10. The maximum absolute atomic E-state index is 12.8. The summed E-state index contributed by atoms with van der Waals surface area (Å²) < 4.78 is 83.2. The van der Waals surface area contributed by atoms with Crippen LogP contribution < -0.4 is 16.4 Å². The van der Waals surface area contributed by atoms with Crippen molar-refractivity contribution in [2.45, 2.75) is 75.0 Å². The summed E-state index contributed by atoms with van der Waals surface area (Å²) in [6.45, 7) is 4.15. The molecule has 1 rings (SSSR count). The highest BCUT2D eigenvalue weighted by molar-refractivity contribution is 7.87. The third-order valence-corrected chi connectivity index (χ3v) is 8.18. The van der Waals surface area contributed by atoms with Gasteiger partial charge in [-0.25, -0.2) is 4.79 Å². The maximum atomic E-state index is 12.8. The van der Waals surface area contributed by atoms with Gasteiger partial charge in [0.2, 0.25) is 5.91 Å². The van der Waals surface area contributed by atoms with Crippen LogP contribution in [-0.4, -0.2) is 91.4 Å². The first kappa shape index (κ1) is 37.0. The molecule has 0 spiro atoms. The molecular weight excluding hydrogens is 601 g/mol. The molecule has 1 aromatic carbocycles. The van der Waals surface area contributed by atoms with E-state index in [1.165, 1.54) is 0 Å². The number of nitrogens with two attached hydrogens (primary N) is 1. The molecule has 0 bridgehead atoms. The molecule has 0 heterocycles. The Morgan fingerprint density at radius 3 is 1.74 bits per heavy atom. The number of carbonyl (C=O) groups excluding carboxylic acids is 4. The van der Waals surface area contributed by atoms with Crippen LogP contribution in [0.3, 0.4) is 0 Å². The number of nitrogens with one attached hydrogen (secondary N) is 2. The zero-order valence-corrected chi connectivity index (χ0v) is 25.2. The molecule has 0 aromatic heterocycles. The van der Waals surface area contributed by atoms with E-state index >= 15 is 0 Å². The molecule has 17 heteroatoms. The third kappa shape index (κ3) is 12.9. The number of alkyl halides is 1. The van der Waals surface area contributed by atoms with Gasteiger partial charge in [-0.1, -0.05) is 24.3 Å². The van der Waals surface area contributed by atoms with Gasteiger partial charge in [-0.15, -0.1) is 0 Å². The third-order valence-electron chi connectivity index (χ3n) is 5.84. The van der Waals surface area contributed by atoms with Gasteiger partial charge in [-0.05, 0) is 59.5 Å². The molecule has 2 amide bonds. The fourth-order valence-electron chi connectivity index (χ4n) is 3.79. The van der Waals surface area contributed by atoms with Crippen molar-refractivity contribution in [1.29, 1.82) is 0 Å². The number of unbranched alkanes of at least 4 members (excludes halogenated alkanes) is 1. The molecule has 42 heavy (non-hydrogen) atoms. The van der Waals surface area contributed by atoms with E-state index in [1.54, 1.807) is 20.8 Å². The number of benzene rings is 1. The van der Waals surface area contributed by atoms with E-state index in [1.807, 2.05) is 0 Å². The van der Waals surface area contributed by atoms with Gasteiger partial charge in [-0.3, -0.25) is 27.9 Å². The lowest BCUT2D eigenvalue weighted by atomic mass is 10.0. The summed E-state index contributed by atoms with van der Waals surface area (Å²) in [5.41, 5.74) is 4.11. The molecule has 0 saturated heterocycles. The van der Waals surface area contributed by atoms with E-state index in [9.17, 15) is 49.5 Å². The van der Waals surface area contributed by atoms with Crippen LogP contribution in [0.1, 0.15) is 73.6 Å². The lowest BCUT2D eigenvalue weighted by molar-refractivity contribution is -0.120. The minimum Gasteiger partial charge on any atom is -0.444 e. The molecule has 0 radical (unpaired) electrons. The Labute approximate surface area is 244 Å². The summed E-state index contributed by atoms with van der Waals surface area (Å²) in [5, 5.41) is 1.44. The van der Waals surface area contributed by atoms with E-state index < -0.39 is 79.0 Å². The van der Waals surface area contributed by atoms with E-state index in [2.05, 4.69) is 10.6 Å². The van der Waals surface area contributed by atoms with Crippen molar-refractivity contribution in [3.8, 4) is 0 Å². The van der Waals surface area contributed by atoms with Crippen LogP contribution in [0.5, 0.6) is 0 Å². The minimum absolute atomic E-state index is 0.00143. The average Bonchev–Trinajstić information content (AvgIpc) is 2.84. The first-order chi connectivity index (χ1) is 19.3. The Kier molecular flexibility index (Phi) is 14.1. The lowest BCUT2D eigenvalue weighted by Gasteiger charge is -2.22. The van der Waals surface area contributed by atoms with Crippen LogP contribution in [0.25, 0.3) is 0 Å². The molecule has 14 nitrogen and oxygen atoms in total. The molecule has 2 unspecified atom stereocenters.